The van der Waals surface area contributed by atoms with Crippen LogP contribution in [-0.2, 0) is 0 Å². The van der Waals surface area contributed by atoms with Crippen molar-refractivity contribution in [3.8, 4) is 11.4 Å². The van der Waals surface area contributed by atoms with Crippen molar-refractivity contribution < 1.29 is 5.11 Å². The van der Waals surface area contributed by atoms with Crippen molar-refractivity contribution in [1.29, 1.82) is 0 Å². The highest BCUT2D eigenvalue weighted by Gasteiger charge is 2.14. The summed E-state index contributed by atoms with van der Waals surface area (Å²) in [4.78, 5) is 11.0. The summed E-state index contributed by atoms with van der Waals surface area (Å²) < 4.78 is 1.73. The second kappa shape index (κ2) is 5.73. The lowest BCUT2D eigenvalue weighted by atomic mass is 10.1. The number of aryl methyl sites for hydroxylation is 2. The topological polar surface area (TPSA) is 66.5 Å². The van der Waals surface area contributed by atoms with E-state index >= 15 is 0 Å². The molecule has 0 radical (unpaired) electrons. The minimum Gasteiger partial charge on any atom is -0.395 e. The fraction of sp³-hybridized carbons (Fsp3) is 0.312. The number of likely N-dealkylation sites (N-methyl/N-ethyl adjacent to an activating group) is 1. The summed E-state index contributed by atoms with van der Waals surface area (Å²) in [6.07, 6.45) is 0. The van der Waals surface area contributed by atoms with Crippen LogP contribution in [0, 0.1) is 13.8 Å². The lowest BCUT2D eigenvalue weighted by Crippen LogP contribution is -2.24. The zero-order chi connectivity index (χ0) is 15.7. The number of nitrogens with zero attached hydrogens (tertiary/aromatic N) is 5. The highest BCUT2D eigenvalue weighted by molar-refractivity contribution is 5.62. The zero-order valence-corrected chi connectivity index (χ0v) is 13.0. The van der Waals surface area contributed by atoms with Gasteiger partial charge in [0, 0.05) is 30.9 Å². The minimum absolute atomic E-state index is 0.0821. The quantitative estimate of drug-likeness (QED) is 0.796. The number of aromatic nitrogens is 4. The van der Waals surface area contributed by atoms with Crippen LogP contribution in [0.1, 0.15) is 11.3 Å². The van der Waals surface area contributed by atoms with Gasteiger partial charge in [0.2, 0.25) is 0 Å². The Hall–Kier alpha value is -2.47. The van der Waals surface area contributed by atoms with Crippen LogP contribution in [0.5, 0.6) is 0 Å². The van der Waals surface area contributed by atoms with Crippen molar-refractivity contribution >= 4 is 11.6 Å². The molecule has 0 aliphatic heterocycles. The molecule has 1 aromatic carbocycles. The van der Waals surface area contributed by atoms with E-state index in [1.807, 2.05) is 56.1 Å². The van der Waals surface area contributed by atoms with E-state index in [1.165, 1.54) is 0 Å². The van der Waals surface area contributed by atoms with Gasteiger partial charge in [0.15, 0.2) is 5.82 Å². The normalized spacial score (nSPS) is 11.1. The second-order valence-electron chi connectivity index (χ2n) is 5.36. The summed E-state index contributed by atoms with van der Waals surface area (Å²) in [5.74, 6) is 2.09. The maximum absolute atomic E-state index is 9.16. The molecule has 0 saturated heterocycles. The van der Waals surface area contributed by atoms with Crippen LogP contribution in [-0.4, -0.2) is 44.9 Å². The van der Waals surface area contributed by atoms with Gasteiger partial charge in [-0.25, -0.2) is 4.98 Å². The lowest BCUT2D eigenvalue weighted by molar-refractivity contribution is 0.303. The van der Waals surface area contributed by atoms with Gasteiger partial charge in [-0.05, 0) is 19.4 Å². The summed E-state index contributed by atoms with van der Waals surface area (Å²) >= 11 is 0. The van der Waals surface area contributed by atoms with E-state index in [-0.39, 0.29) is 6.61 Å². The number of rotatable bonds is 4. The molecule has 0 bridgehead atoms. The van der Waals surface area contributed by atoms with Crippen LogP contribution < -0.4 is 4.90 Å². The third kappa shape index (κ3) is 2.53. The summed E-state index contributed by atoms with van der Waals surface area (Å²) in [6, 6.07) is 9.97. The Balaban J connectivity index is 2.17. The first-order chi connectivity index (χ1) is 10.6. The molecule has 22 heavy (non-hydrogen) atoms. The average molecular weight is 297 g/mol. The monoisotopic (exact) mass is 297 g/mol. The molecular weight excluding hydrogens is 278 g/mol. The van der Waals surface area contributed by atoms with Crippen LogP contribution in [0.4, 0.5) is 5.82 Å². The molecule has 2 aromatic heterocycles. The molecule has 6 heteroatoms. The number of benzene rings is 1. The Kier molecular flexibility index (Phi) is 3.77. The number of hydrogen-bond acceptors (Lipinski definition) is 5. The van der Waals surface area contributed by atoms with E-state index in [2.05, 4.69) is 15.1 Å². The molecule has 0 aliphatic carbocycles. The van der Waals surface area contributed by atoms with E-state index in [4.69, 9.17) is 5.11 Å². The summed E-state index contributed by atoms with van der Waals surface area (Å²) in [6.45, 7) is 4.58. The summed E-state index contributed by atoms with van der Waals surface area (Å²) in [5, 5.41) is 13.8. The lowest BCUT2D eigenvalue weighted by Gasteiger charge is -2.18. The Morgan fingerprint density at radius 3 is 2.68 bits per heavy atom. The molecule has 0 spiro atoms. The van der Waals surface area contributed by atoms with Crippen molar-refractivity contribution in [2.45, 2.75) is 13.8 Å². The molecule has 0 saturated carbocycles. The Labute approximate surface area is 129 Å². The van der Waals surface area contributed by atoms with Gasteiger partial charge in [-0.15, -0.1) is 5.10 Å². The van der Waals surface area contributed by atoms with Crippen LogP contribution in [0.3, 0.4) is 0 Å². The molecule has 114 valence electrons. The molecule has 0 atom stereocenters. The largest absolute Gasteiger partial charge is 0.395 e. The van der Waals surface area contributed by atoms with E-state index in [1.54, 1.807) is 4.52 Å². The van der Waals surface area contributed by atoms with Gasteiger partial charge in [-0.1, -0.05) is 24.3 Å². The van der Waals surface area contributed by atoms with Crippen LogP contribution in [0.25, 0.3) is 17.2 Å². The van der Waals surface area contributed by atoms with Crippen molar-refractivity contribution in [2.75, 3.05) is 25.1 Å². The summed E-state index contributed by atoms with van der Waals surface area (Å²) in [5.41, 5.74) is 3.00. The highest BCUT2D eigenvalue weighted by atomic mass is 16.3. The van der Waals surface area contributed by atoms with Gasteiger partial charge >= 0.3 is 0 Å². The van der Waals surface area contributed by atoms with E-state index in [9.17, 15) is 0 Å². The zero-order valence-electron chi connectivity index (χ0n) is 13.0. The molecule has 0 fully saturated rings. The molecule has 0 amide bonds. The minimum atomic E-state index is 0.0821. The Bertz CT molecular complexity index is 811. The summed E-state index contributed by atoms with van der Waals surface area (Å²) in [7, 11) is 1.92. The Morgan fingerprint density at radius 2 is 1.95 bits per heavy atom. The van der Waals surface area contributed by atoms with Crippen molar-refractivity contribution in [3.63, 3.8) is 0 Å². The van der Waals surface area contributed by atoms with E-state index < -0.39 is 0 Å². The SMILES string of the molecule is Cc1cc(N(C)CCO)n2nc(-c3ccccc3C)nc2n1. The molecule has 3 rings (SSSR count). The third-order valence-electron chi connectivity index (χ3n) is 3.63. The third-order valence-corrected chi connectivity index (χ3v) is 3.63. The van der Waals surface area contributed by atoms with E-state index in [0.717, 1.165) is 22.6 Å². The fourth-order valence-electron chi connectivity index (χ4n) is 2.44. The van der Waals surface area contributed by atoms with Crippen LogP contribution in [0.2, 0.25) is 0 Å². The van der Waals surface area contributed by atoms with Gasteiger partial charge in [0.25, 0.3) is 5.78 Å². The van der Waals surface area contributed by atoms with Crippen molar-refractivity contribution in [2.24, 2.45) is 0 Å². The van der Waals surface area contributed by atoms with Crippen molar-refractivity contribution in [1.82, 2.24) is 19.6 Å². The predicted molar refractivity (Wildman–Crippen MR) is 86.0 cm³/mol. The number of fused-ring (bicyclic) bond motifs is 1. The molecule has 6 nitrogen and oxygen atoms in total. The van der Waals surface area contributed by atoms with Gasteiger partial charge < -0.3 is 10.0 Å². The first-order valence-corrected chi connectivity index (χ1v) is 7.22. The highest BCUT2D eigenvalue weighted by Crippen LogP contribution is 2.22. The molecule has 0 unspecified atom stereocenters. The van der Waals surface area contributed by atoms with Gasteiger partial charge in [-0.3, -0.25) is 0 Å². The van der Waals surface area contributed by atoms with Crippen molar-refractivity contribution in [3.05, 3.63) is 41.6 Å². The number of aliphatic hydroxyl groups excluding tert-OH is 1. The fourth-order valence-corrected chi connectivity index (χ4v) is 2.44. The van der Waals surface area contributed by atoms with Gasteiger partial charge in [0.05, 0.1) is 6.61 Å². The smallest absolute Gasteiger partial charge is 0.254 e. The predicted octanol–water partition coefficient (Wildman–Crippen LogP) is 1.84. The maximum atomic E-state index is 9.16. The first-order valence-electron chi connectivity index (χ1n) is 7.22. The standard InChI is InChI=1S/C16H19N5O/c1-11-6-4-5-7-13(11)15-18-16-17-12(2)10-14(21(16)19-15)20(3)8-9-22/h4-7,10,22H,8-9H2,1-3H3. The number of anilines is 1. The average Bonchev–Trinajstić information content (AvgIpc) is 2.90. The molecule has 3 aromatic rings. The second-order valence-corrected chi connectivity index (χ2v) is 5.36. The van der Waals surface area contributed by atoms with Gasteiger partial charge in [0.1, 0.15) is 5.82 Å². The van der Waals surface area contributed by atoms with E-state index in [0.29, 0.717) is 18.1 Å². The van der Waals surface area contributed by atoms with Crippen LogP contribution >= 0.6 is 0 Å². The number of hydrogen-bond donors (Lipinski definition) is 1. The molecule has 2 heterocycles. The van der Waals surface area contributed by atoms with Crippen LogP contribution in [0.15, 0.2) is 30.3 Å². The molecule has 1 N–H and O–H groups in total. The molecule has 0 aliphatic rings. The van der Waals surface area contributed by atoms with Gasteiger partial charge in [-0.2, -0.15) is 9.50 Å². The Morgan fingerprint density at radius 1 is 1.18 bits per heavy atom. The molecular formula is C16H19N5O. The first kappa shape index (κ1) is 14.5. The number of aliphatic hydroxyl groups is 1. The maximum Gasteiger partial charge on any atom is 0.254 e.